The van der Waals surface area contributed by atoms with Gasteiger partial charge >= 0.3 is 0 Å². The van der Waals surface area contributed by atoms with Crippen LogP contribution in [0, 0.1) is 13.8 Å². The number of fused-ring (bicyclic) bond motifs is 1. The summed E-state index contributed by atoms with van der Waals surface area (Å²) >= 11 is 0. The van der Waals surface area contributed by atoms with Gasteiger partial charge in [-0.15, -0.1) is 0 Å². The van der Waals surface area contributed by atoms with Gasteiger partial charge in [0.1, 0.15) is 0 Å². The van der Waals surface area contributed by atoms with Crippen molar-refractivity contribution in [2.24, 2.45) is 7.05 Å². The van der Waals surface area contributed by atoms with E-state index in [-0.39, 0.29) is 11.9 Å². The Labute approximate surface area is 152 Å². The number of hydrogen-bond donors (Lipinski definition) is 1. The van der Waals surface area contributed by atoms with Crippen molar-refractivity contribution in [2.45, 2.75) is 39.2 Å². The number of pyridine rings is 1. The number of nitrogens with zero attached hydrogens (tertiary/aromatic N) is 5. The highest BCUT2D eigenvalue weighted by molar-refractivity contribution is 5.96. The molecular formula is C19H22N6O. The Morgan fingerprint density at radius 1 is 1.31 bits per heavy atom. The van der Waals surface area contributed by atoms with Gasteiger partial charge in [-0.2, -0.15) is 10.2 Å². The Kier molecular flexibility index (Phi) is 4.06. The minimum Gasteiger partial charge on any atom is -0.345 e. The number of nitrogens with one attached hydrogen (secondary N) is 1. The highest BCUT2D eigenvalue weighted by atomic mass is 16.1. The summed E-state index contributed by atoms with van der Waals surface area (Å²) in [7, 11) is 1.86. The summed E-state index contributed by atoms with van der Waals surface area (Å²) in [5, 5.41) is 12.1. The summed E-state index contributed by atoms with van der Waals surface area (Å²) in [6, 6.07) is 5.74. The van der Waals surface area contributed by atoms with Crippen molar-refractivity contribution in [2.75, 3.05) is 0 Å². The number of aromatic nitrogens is 5. The number of hydrogen-bond acceptors (Lipinski definition) is 4. The topological polar surface area (TPSA) is 77.6 Å². The molecule has 1 aliphatic carbocycles. The molecule has 3 aromatic heterocycles. The Bertz CT molecular complexity index is 956. The fourth-order valence-electron chi connectivity index (χ4n) is 3.72. The van der Waals surface area contributed by atoms with Crippen LogP contribution in [0.1, 0.15) is 51.9 Å². The molecule has 0 aliphatic heterocycles. The minimum absolute atomic E-state index is 0.0391. The van der Waals surface area contributed by atoms with Crippen molar-refractivity contribution >= 4 is 5.91 Å². The van der Waals surface area contributed by atoms with Crippen LogP contribution in [0.15, 0.2) is 30.6 Å². The zero-order chi connectivity index (χ0) is 18.3. The molecule has 1 aliphatic rings. The highest BCUT2D eigenvalue weighted by Crippen LogP contribution is 2.31. The first kappa shape index (κ1) is 16.5. The molecule has 7 heteroatoms. The van der Waals surface area contributed by atoms with Gasteiger partial charge < -0.3 is 5.32 Å². The lowest BCUT2D eigenvalue weighted by atomic mass is 9.92. The number of amides is 1. The van der Waals surface area contributed by atoms with E-state index in [4.69, 9.17) is 0 Å². The molecular weight excluding hydrogens is 328 g/mol. The van der Waals surface area contributed by atoms with E-state index in [1.54, 1.807) is 10.9 Å². The summed E-state index contributed by atoms with van der Waals surface area (Å²) in [5.74, 6) is 0.733. The monoisotopic (exact) mass is 350 g/mol. The maximum Gasteiger partial charge on any atom is 0.255 e. The minimum atomic E-state index is -0.0727. The lowest BCUT2D eigenvalue weighted by Gasteiger charge is -2.24. The lowest BCUT2D eigenvalue weighted by molar-refractivity contribution is 0.0931. The van der Waals surface area contributed by atoms with E-state index < -0.39 is 0 Å². The predicted octanol–water partition coefficient (Wildman–Crippen LogP) is 2.43. The second kappa shape index (κ2) is 6.40. The van der Waals surface area contributed by atoms with Crippen LogP contribution in [0.3, 0.4) is 0 Å². The zero-order valence-electron chi connectivity index (χ0n) is 15.2. The van der Waals surface area contributed by atoms with E-state index in [1.807, 2.05) is 50.0 Å². The normalized spacial score (nSPS) is 16.3. The van der Waals surface area contributed by atoms with Gasteiger partial charge in [0.15, 0.2) is 5.82 Å². The molecule has 1 unspecified atom stereocenters. The van der Waals surface area contributed by atoms with Gasteiger partial charge in [-0.25, -0.2) is 9.67 Å². The molecule has 4 rings (SSSR count). The third-order valence-electron chi connectivity index (χ3n) is 5.09. The molecule has 0 spiro atoms. The number of carbonyl (C=O) groups excluding carboxylic acids is 1. The Morgan fingerprint density at radius 3 is 2.85 bits per heavy atom. The molecule has 0 bridgehead atoms. The molecule has 26 heavy (non-hydrogen) atoms. The van der Waals surface area contributed by atoms with Gasteiger partial charge in [-0.3, -0.25) is 9.48 Å². The molecule has 7 nitrogen and oxygen atoms in total. The molecule has 134 valence electrons. The van der Waals surface area contributed by atoms with Gasteiger partial charge in [-0.1, -0.05) is 6.07 Å². The fraction of sp³-hybridized carbons (Fsp3) is 0.368. The predicted molar refractivity (Wildman–Crippen MR) is 97.2 cm³/mol. The van der Waals surface area contributed by atoms with E-state index in [1.165, 1.54) is 0 Å². The highest BCUT2D eigenvalue weighted by Gasteiger charge is 2.28. The van der Waals surface area contributed by atoms with Crippen molar-refractivity contribution in [3.8, 4) is 5.82 Å². The lowest BCUT2D eigenvalue weighted by Crippen LogP contribution is -2.31. The largest absolute Gasteiger partial charge is 0.345 e. The SMILES string of the molecule is Cc1nn(C)c(C)c1C(=O)NC1CCCc2c1cnn2-c1ccccn1. The van der Waals surface area contributed by atoms with E-state index in [2.05, 4.69) is 20.5 Å². The molecule has 1 N–H and O–H groups in total. The summed E-state index contributed by atoms with van der Waals surface area (Å²) < 4.78 is 3.63. The average Bonchev–Trinajstić information content (AvgIpc) is 3.17. The van der Waals surface area contributed by atoms with Gasteiger partial charge in [-0.05, 0) is 45.2 Å². The third-order valence-corrected chi connectivity index (χ3v) is 5.09. The molecule has 0 saturated carbocycles. The molecule has 0 fully saturated rings. The van der Waals surface area contributed by atoms with Gasteiger partial charge in [0.05, 0.1) is 29.2 Å². The Balaban J connectivity index is 1.63. The summed E-state index contributed by atoms with van der Waals surface area (Å²) in [6.45, 7) is 3.79. The Hall–Kier alpha value is -2.96. The van der Waals surface area contributed by atoms with Gasteiger partial charge in [0.25, 0.3) is 5.91 Å². The molecule has 3 heterocycles. The van der Waals surface area contributed by atoms with E-state index >= 15 is 0 Å². The number of carbonyl (C=O) groups is 1. The van der Waals surface area contributed by atoms with Crippen molar-refractivity contribution in [3.05, 3.63) is 58.8 Å². The van der Waals surface area contributed by atoms with Crippen molar-refractivity contribution in [1.82, 2.24) is 29.9 Å². The van der Waals surface area contributed by atoms with Gasteiger partial charge in [0, 0.05) is 24.5 Å². The first-order chi connectivity index (χ1) is 12.6. The summed E-state index contributed by atoms with van der Waals surface area (Å²) in [5.41, 5.74) is 4.49. The summed E-state index contributed by atoms with van der Waals surface area (Å²) in [6.07, 6.45) is 6.46. The standard InChI is InChI=1S/C19H22N6O/c1-12-18(13(2)24(3)23-12)19(26)22-15-7-6-8-16-14(15)11-21-25(16)17-9-4-5-10-20-17/h4-5,9-11,15H,6-8H2,1-3H3,(H,22,26). The van der Waals surface area contributed by atoms with E-state index in [0.29, 0.717) is 5.56 Å². The molecule has 0 radical (unpaired) electrons. The maximum absolute atomic E-state index is 12.9. The number of rotatable bonds is 3. The van der Waals surface area contributed by atoms with Gasteiger partial charge in [0.2, 0.25) is 0 Å². The molecule has 1 atom stereocenters. The van der Waals surface area contributed by atoms with Crippen LogP contribution in [-0.2, 0) is 13.5 Å². The number of aryl methyl sites for hydroxylation is 2. The third kappa shape index (κ3) is 2.69. The van der Waals surface area contributed by atoms with Crippen LogP contribution >= 0.6 is 0 Å². The second-order valence-electron chi connectivity index (χ2n) is 6.73. The van der Waals surface area contributed by atoms with Crippen LogP contribution in [0.4, 0.5) is 0 Å². The quantitative estimate of drug-likeness (QED) is 0.787. The first-order valence-electron chi connectivity index (χ1n) is 8.85. The van der Waals surface area contributed by atoms with Crippen LogP contribution in [0.25, 0.3) is 5.82 Å². The van der Waals surface area contributed by atoms with Crippen molar-refractivity contribution in [1.29, 1.82) is 0 Å². The van der Waals surface area contributed by atoms with Crippen molar-refractivity contribution < 1.29 is 4.79 Å². The summed E-state index contributed by atoms with van der Waals surface area (Å²) in [4.78, 5) is 17.2. The van der Waals surface area contributed by atoms with Crippen molar-refractivity contribution in [3.63, 3.8) is 0 Å². The smallest absolute Gasteiger partial charge is 0.255 e. The maximum atomic E-state index is 12.9. The Morgan fingerprint density at radius 2 is 2.15 bits per heavy atom. The first-order valence-corrected chi connectivity index (χ1v) is 8.85. The van der Waals surface area contributed by atoms with Crippen LogP contribution < -0.4 is 5.32 Å². The van der Waals surface area contributed by atoms with Crippen LogP contribution in [0.5, 0.6) is 0 Å². The van der Waals surface area contributed by atoms with E-state index in [9.17, 15) is 4.79 Å². The van der Waals surface area contributed by atoms with Crippen LogP contribution in [0.2, 0.25) is 0 Å². The fourth-order valence-corrected chi connectivity index (χ4v) is 3.72. The molecule has 0 aromatic carbocycles. The molecule has 3 aromatic rings. The second-order valence-corrected chi connectivity index (χ2v) is 6.73. The molecule has 1 amide bonds. The average molecular weight is 350 g/mol. The van der Waals surface area contributed by atoms with E-state index in [0.717, 1.165) is 47.7 Å². The van der Waals surface area contributed by atoms with Crippen LogP contribution in [-0.4, -0.2) is 30.5 Å². The molecule has 0 saturated heterocycles. The zero-order valence-corrected chi connectivity index (χ0v) is 15.2.